The smallest absolute Gasteiger partial charge is 0.326 e. The molecule has 1 N–H and O–H groups in total. The number of amides is 3. The fourth-order valence-corrected chi connectivity index (χ4v) is 7.56. The molecule has 2 atom stereocenters. The van der Waals surface area contributed by atoms with E-state index in [2.05, 4.69) is 49.8 Å². The molecule has 2 aliphatic heterocycles. The number of aliphatic imine (C=N–C) groups is 1. The monoisotopic (exact) mass is 769 g/mol. The van der Waals surface area contributed by atoms with Crippen molar-refractivity contribution in [3.05, 3.63) is 117 Å². The van der Waals surface area contributed by atoms with Crippen molar-refractivity contribution in [3.63, 3.8) is 0 Å². The number of ether oxygens (including phenoxy) is 1. The van der Waals surface area contributed by atoms with Crippen molar-refractivity contribution in [2.75, 3.05) is 44.6 Å². The number of urea groups is 1. The van der Waals surface area contributed by atoms with Crippen LogP contribution in [0.25, 0.3) is 0 Å². The topological polar surface area (TPSA) is 103 Å². The lowest BCUT2D eigenvalue weighted by Gasteiger charge is -2.47. The van der Waals surface area contributed by atoms with Gasteiger partial charge in [0.15, 0.2) is 0 Å². The second-order valence-corrected chi connectivity index (χ2v) is 16.2. The number of carbonyl (C=O) groups is 2. The van der Waals surface area contributed by atoms with E-state index in [1.807, 2.05) is 97.3 Å². The van der Waals surface area contributed by atoms with E-state index in [9.17, 15) is 4.79 Å². The molecule has 6 rings (SSSR count). The fourth-order valence-electron chi connectivity index (χ4n) is 7.31. The van der Waals surface area contributed by atoms with Crippen molar-refractivity contribution >= 4 is 46.7 Å². The van der Waals surface area contributed by atoms with Gasteiger partial charge >= 0.3 is 6.03 Å². The highest BCUT2D eigenvalue weighted by molar-refractivity contribution is 6.30. The molecule has 2 aliphatic rings. The number of anilines is 1. The summed E-state index contributed by atoms with van der Waals surface area (Å²) in [6.07, 6.45) is 1.78. The maximum absolute atomic E-state index is 15.3. The molecule has 12 heteroatoms. The third-order valence-corrected chi connectivity index (χ3v) is 11.1. The molecule has 0 saturated carbocycles. The number of aryl methyl sites for hydroxylation is 2. The summed E-state index contributed by atoms with van der Waals surface area (Å²) in [6.45, 7) is 18.6. The molecule has 0 radical (unpaired) electrons. The lowest BCUT2D eigenvalue weighted by atomic mass is 9.71. The van der Waals surface area contributed by atoms with Crippen LogP contribution in [0, 0.1) is 13.8 Å². The van der Waals surface area contributed by atoms with Gasteiger partial charge in [-0.05, 0) is 82.1 Å². The zero-order valence-corrected chi connectivity index (χ0v) is 33.8. The third-order valence-electron chi connectivity index (χ3n) is 10.6. The maximum Gasteiger partial charge on any atom is 0.326 e. The minimum atomic E-state index is -1.05. The zero-order chi connectivity index (χ0) is 39.0. The van der Waals surface area contributed by atoms with E-state index < -0.39 is 11.1 Å². The predicted molar refractivity (Wildman–Crippen MR) is 216 cm³/mol. The third kappa shape index (κ3) is 7.56. The second-order valence-electron chi connectivity index (χ2n) is 15.4. The summed E-state index contributed by atoms with van der Waals surface area (Å²) >= 11 is 12.8. The van der Waals surface area contributed by atoms with Gasteiger partial charge in [-0.25, -0.2) is 4.79 Å². The SMILES string of the molecule is CCOc1cc(C(C)(C)C)ncc1C1=N[C@@](C)(c2ccc(Cl)cc2)[C@@](C)(c2ccc(Cl)cc2)N1C(=O)N1CCN(CC(=O)Nc2ccc(C)nc2C)CC1. The first kappa shape index (κ1) is 39.2. The molecule has 0 unspecified atom stereocenters. The van der Waals surface area contributed by atoms with E-state index in [1.165, 1.54) is 0 Å². The molecule has 54 heavy (non-hydrogen) atoms. The van der Waals surface area contributed by atoms with Crippen LogP contribution in [0.4, 0.5) is 10.5 Å². The molecule has 2 aromatic heterocycles. The number of piperazine rings is 1. The first-order valence-electron chi connectivity index (χ1n) is 18.4. The van der Waals surface area contributed by atoms with Crippen LogP contribution >= 0.6 is 23.2 Å². The van der Waals surface area contributed by atoms with Gasteiger partial charge in [0.05, 0.1) is 30.1 Å². The van der Waals surface area contributed by atoms with Gasteiger partial charge in [0.1, 0.15) is 22.7 Å². The van der Waals surface area contributed by atoms with Crippen LogP contribution in [0.15, 0.2) is 77.9 Å². The molecular formula is C42H49Cl2N7O3. The Morgan fingerprint density at radius 3 is 2.07 bits per heavy atom. The molecule has 1 saturated heterocycles. The minimum Gasteiger partial charge on any atom is -0.493 e. The number of carbonyl (C=O) groups excluding carboxylic acids is 2. The number of rotatable bonds is 8. The van der Waals surface area contributed by atoms with Crippen LogP contribution in [-0.4, -0.2) is 81.8 Å². The minimum absolute atomic E-state index is 0.124. The van der Waals surface area contributed by atoms with Crippen molar-refractivity contribution in [1.82, 2.24) is 24.7 Å². The molecule has 1 fully saturated rings. The largest absolute Gasteiger partial charge is 0.493 e. The average Bonchev–Trinajstić information content (AvgIpc) is 3.37. The van der Waals surface area contributed by atoms with Crippen molar-refractivity contribution in [2.24, 2.45) is 4.99 Å². The summed E-state index contributed by atoms with van der Waals surface area (Å²) in [5.74, 6) is 0.930. The Hall–Kier alpha value is -4.51. The van der Waals surface area contributed by atoms with Crippen LogP contribution in [0.5, 0.6) is 5.75 Å². The molecule has 0 bridgehead atoms. The van der Waals surface area contributed by atoms with E-state index in [1.54, 1.807) is 6.20 Å². The highest BCUT2D eigenvalue weighted by Crippen LogP contribution is 2.54. The summed E-state index contributed by atoms with van der Waals surface area (Å²) < 4.78 is 6.29. The van der Waals surface area contributed by atoms with Gasteiger partial charge in [0.25, 0.3) is 0 Å². The standard InChI is InChI=1S/C42H49Cl2N7O3/c1-9-54-35-24-36(40(4,5)6)45-25-33(35)38-48-41(7,29-11-15-31(43)16-12-29)42(8,30-13-17-32(44)18-14-30)51(38)39(53)50-22-20-49(21-23-50)26-37(52)47-34-19-10-27(2)46-28(34)3/h10-19,24-25H,9,20-23,26H2,1-8H3,(H,47,52)/t41-,42+/m0/s1. The number of amidine groups is 1. The van der Waals surface area contributed by atoms with E-state index in [0.29, 0.717) is 65.7 Å². The predicted octanol–water partition coefficient (Wildman–Crippen LogP) is 8.37. The van der Waals surface area contributed by atoms with Gasteiger partial charge < -0.3 is 15.0 Å². The van der Waals surface area contributed by atoms with E-state index in [0.717, 1.165) is 28.2 Å². The summed E-state index contributed by atoms with van der Waals surface area (Å²) in [6, 6.07) is 20.7. The first-order valence-corrected chi connectivity index (χ1v) is 19.1. The number of aromatic nitrogens is 2. The molecule has 10 nitrogen and oxygen atoms in total. The van der Waals surface area contributed by atoms with Crippen LogP contribution in [0.1, 0.15) is 75.3 Å². The van der Waals surface area contributed by atoms with Crippen LogP contribution in [-0.2, 0) is 21.3 Å². The Bertz CT molecular complexity index is 2060. The van der Waals surface area contributed by atoms with Crippen LogP contribution in [0.3, 0.4) is 0 Å². The van der Waals surface area contributed by atoms with Gasteiger partial charge in [-0.2, -0.15) is 0 Å². The summed E-state index contributed by atoms with van der Waals surface area (Å²) in [4.78, 5) is 49.0. The number of hydrogen-bond donors (Lipinski definition) is 1. The Labute approximate surface area is 328 Å². The Morgan fingerprint density at radius 1 is 0.889 bits per heavy atom. The molecular weight excluding hydrogens is 721 g/mol. The number of nitrogens with one attached hydrogen (secondary N) is 1. The molecule has 4 heterocycles. The summed E-state index contributed by atoms with van der Waals surface area (Å²) in [5, 5.41) is 4.18. The Kier molecular flexibility index (Phi) is 11.1. The lowest BCUT2D eigenvalue weighted by molar-refractivity contribution is -0.117. The quantitative estimate of drug-likeness (QED) is 0.193. The van der Waals surface area contributed by atoms with E-state index in [4.69, 9.17) is 37.9 Å². The molecule has 2 aromatic carbocycles. The first-order chi connectivity index (χ1) is 25.5. The Morgan fingerprint density at radius 2 is 1.50 bits per heavy atom. The maximum atomic E-state index is 15.3. The van der Waals surface area contributed by atoms with Crippen molar-refractivity contribution in [1.29, 1.82) is 0 Å². The van der Waals surface area contributed by atoms with E-state index >= 15 is 4.79 Å². The fraction of sp³-hybridized carbons (Fsp3) is 0.405. The van der Waals surface area contributed by atoms with Crippen LogP contribution in [0.2, 0.25) is 10.0 Å². The molecule has 284 valence electrons. The number of benzene rings is 2. The van der Waals surface area contributed by atoms with Crippen molar-refractivity contribution < 1.29 is 14.3 Å². The average molecular weight is 771 g/mol. The Balaban J connectivity index is 1.39. The number of halogens is 2. The van der Waals surface area contributed by atoms with Crippen molar-refractivity contribution in [2.45, 2.75) is 71.9 Å². The lowest BCUT2D eigenvalue weighted by Crippen LogP contribution is -2.61. The highest BCUT2D eigenvalue weighted by atomic mass is 35.5. The van der Waals surface area contributed by atoms with Gasteiger partial charge in [0, 0.05) is 65.3 Å². The number of nitrogens with zero attached hydrogens (tertiary/aromatic N) is 6. The summed E-state index contributed by atoms with van der Waals surface area (Å²) in [5.41, 5.74) is 3.29. The summed E-state index contributed by atoms with van der Waals surface area (Å²) in [7, 11) is 0. The molecule has 3 amide bonds. The van der Waals surface area contributed by atoms with Crippen LogP contribution < -0.4 is 10.1 Å². The van der Waals surface area contributed by atoms with E-state index in [-0.39, 0.29) is 23.9 Å². The van der Waals surface area contributed by atoms with Gasteiger partial charge in [0.2, 0.25) is 5.91 Å². The van der Waals surface area contributed by atoms with Crippen molar-refractivity contribution in [3.8, 4) is 5.75 Å². The van der Waals surface area contributed by atoms with Gasteiger partial charge in [-0.1, -0.05) is 68.2 Å². The number of pyridine rings is 2. The normalized spacial score (nSPS) is 20.5. The highest BCUT2D eigenvalue weighted by Gasteiger charge is 2.60. The second kappa shape index (κ2) is 15.3. The van der Waals surface area contributed by atoms with Gasteiger partial charge in [-0.15, -0.1) is 0 Å². The molecule has 0 spiro atoms. The molecule has 4 aromatic rings. The van der Waals surface area contributed by atoms with Gasteiger partial charge in [-0.3, -0.25) is 29.6 Å². The number of hydrogen-bond acceptors (Lipinski definition) is 7. The molecule has 0 aliphatic carbocycles. The zero-order valence-electron chi connectivity index (χ0n) is 32.3.